The first-order valence-electron chi connectivity index (χ1n) is 5.14. The summed E-state index contributed by atoms with van der Waals surface area (Å²) in [6.07, 6.45) is 8.05. The fourth-order valence-electron chi connectivity index (χ4n) is 0.925. The smallest absolute Gasteiger partial charge is 0.0402 e. The molecular formula is C10H25NO. The molecule has 0 aromatic heterocycles. The van der Waals surface area contributed by atoms with Crippen LogP contribution >= 0.6 is 0 Å². The third-order valence-corrected chi connectivity index (χ3v) is 1.56. The van der Waals surface area contributed by atoms with E-state index in [4.69, 9.17) is 10.8 Å². The first-order valence-corrected chi connectivity index (χ1v) is 5.14. The average molecular weight is 175 g/mol. The summed E-state index contributed by atoms with van der Waals surface area (Å²) in [4.78, 5) is 0. The van der Waals surface area contributed by atoms with Gasteiger partial charge in [0, 0.05) is 6.61 Å². The van der Waals surface area contributed by atoms with Crippen molar-refractivity contribution in [1.82, 2.24) is 0 Å². The molecule has 0 bridgehead atoms. The first kappa shape index (κ1) is 14.4. The van der Waals surface area contributed by atoms with Crippen LogP contribution in [0.5, 0.6) is 0 Å². The minimum absolute atomic E-state index is 0.250. The molecule has 0 unspecified atom stereocenters. The van der Waals surface area contributed by atoms with Gasteiger partial charge >= 0.3 is 0 Å². The maximum absolute atomic E-state index is 7.57. The second-order valence-electron chi connectivity index (χ2n) is 2.87. The van der Waals surface area contributed by atoms with Gasteiger partial charge in [-0.2, -0.15) is 0 Å². The van der Waals surface area contributed by atoms with E-state index in [9.17, 15) is 0 Å². The van der Waals surface area contributed by atoms with Crippen LogP contribution in [0.15, 0.2) is 0 Å². The highest BCUT2D eigenvalue weighted by molar-refractivity contribution is 4.43. The monoisotopic (exact) mass is 175 g/mol. The molecule has 3 N–H and O–H groups in total. The summed E-state index contributed by atoms with van der Waals surface area (Å²) in [5.41, 5.74) is 5.34. The molecular weight excluding hydrogens is 150 g/mol. The Balaban J connectivity index is 0. The Hall–Kier alpha value is -0.0800. The molecule has 0 radical (unpaired) electrons. The van der Waals surface area contributed by atoms with Gasteiger partial charge in [0.25, 0.3) is 0 Å². The molecule has 0 aromatic rings. The maximum atomic E-state index is 7.57. The Morgan fingerprint density at radius 1 is 0.917 bits per heavy atom. The zero-order chi connectivity index (χ0) is 9.66. The van der Waals surface area contributed by atoms with Gasteiger partial charge in [-0.1, -0.05) is 39.0 Å². The summed E-state index contributed by atoms with van der Waals surface area (Å²) in [7, 11) is 0. The van der Waals surface area contributed by atoms with Crippen molar-refractivity contribution >= 4 is 0 Å². The second kappa shape index (κ2) is 17.1. The Labute approximate surface area is 77.2 Å². The standard InChI is InChI=1S/C8H19N.C2H6O/c1-2-3-4-5-6-7-8-9;1-2-3/h2-9H2,1H3;3H,2H2,1H3. The summed E-state index contributed by atoms with van der Waals surface area (Å²) >= 11 is 0. The van der Waals surface area contributed by atoms with Crippen molar-refractivity contribution < 1.29 is 5.11 Å². The molecule has 0 spiro atoms. The van der Waals surface area contributed by atoms with Crippen molar-refractivity contribution in [1.29, 1.82) is 0 Å². The van der Waals surface area contributed by atoms with Gasteiger partial charge in [0.1, 0.15) is 0 Å². The van der Waals surface area contributed by atoms with E-state index in [2.05, 4.69) is 6.92 Å². The lowest BCUT2D eigenvalue weighted by molar-refractivity contribution is 0.318. The van der Waals surface area contributed by atoms with Gasteiger partial charge in [-0.3, -0.25) is 0 Å². The molecule has 0 aromatic carbocycles. The van der Waals surface area contributed by atoms with E-state index < -0.39 is 0 Å². The normalized spacial score (nSPS) is 9.00. The zero-order valence-electron chi connectivity index (χ0n) is 8.68. The van der Waals surface area contributed by atoms with E-state index in [1.54, 1.807) is 6.92 Å². The lowest BCUT2D eigenvalue weighted by atomic mass is 10.1. The third kappa shape index (κ3) is 22.5. The molecule has 0 aliphatic carbocycles. The predicted molar refractivity (Wildman–Crippen MR) is 55.2 cm³/mol. The van der Waals surface area contributed by atoms with E-state index in [-0.39, 0.29) is 6.61 Å². The van der Waals surface area contributed by atoms with Crippen molar-refractivity contribution in [2.45, 2.75) is 52.4 Å². The molecule has 12 heavy (non-hydrogen) atoms. The van der Waals surface area contributed by atoms with E-state index in [1.165, 1.54) is 38.5 Å². The Kier molecular flexibility index (Phi) is 20.6. The number of aliphatic hydroxyl groups is 1. The molecule has 2 nitrogen and oxygen atoms in total. The fraction of sp³-hybridized carbons (Fsp3) is 1.00. The summed E-state index contributed by atoms with van der Waals surface area (Å²) in [5.74, 6) is 0. The Bertz CT molecular complexity index is 51.8. The fourth-order valence-corrected chi connectivity index (χ4v) is 0.925. The van der Waals surface area contributed by atoms with Crippen LogP contribution in [0.3, 0.4) is 0 Å². The number of hydrogen-bond acceptors (Lipinski definition) is 2. The largest absolute Gasteiger partial charge is 0.397 e. The van der Waals surface area contributed by atoms with Crippen molar-refractivity contribution in [3.63, 3.8) is 0 Å². The Morgan fingerprint density at radius 2 is 1.33 bits per heavy atom. The van der Waals surface area contributed by atoms with E-state index >= 15 is 0 Å². The lowest BCUT2D eigenvalue weighted by Crippen LogP contribution is -1.97. The zero-order valence-corrected chi connectivity index (χ0v) is 8.68. The number of nitrogens with two attached hydrogens (primary N) is 1. The van der Waals surface area contributed by atoms with Crippen LogP contribution in [0.25, 0.3) is 0 Å². The second-order valence-corrected chi connectivity index (χ2v) is 2.87. The minimum atomic E-state index is 0.250. The van der Waals surface area contributed by atoms with Crippen LogP contribution in [-0.4, -0.2) is 18.3 Å². The van der Waals surface area contributed by atoms with Crippen molar-refractivity contribution in [2.75, 3.05) is 13.2 Å². The molecule has 0 heterocycles. The number of aliphatic hydroxyl groups excluding tert-OH is 1. The van der Waals surface area contributed by atoms with Crippen LogP contribution in [0, 0.1) is 0 Å². The van der Waals surface area contributed by atoms with Crippen molar-refractivity contribution in [3.05, 3.63) is 0 Å². The molecule has 76 valence electrons. The Morgan fingerprint density at radius 3 is 1.75 bits per heavy atom. The van der Waals surface area contributed by atoms with Gasteiger partial charge in [-0.15, -0.1) is 0 Å². The van der Waals surface area contributed by atoms with Gasteiger partial charge in [0.2, 0.25) is 0 Å². The summed E-state index contributed by atoms with van der Waals surface area (Å²) in [6.45, 7) is 5.04. The lowest BCUT2D eigenvalue weighted by Gasteiger charge is -1.96. The highest BCUT2D eigenvalue weighted by Crippen LogP contribution is 2.03. The molecule has 0 amide bonds. The summed E-state index contributed by atoms with van der Waals surface area (Å²) in [6, 6.07) is 0. The van der Waals surface area contributed by atoms with Gasteiger partial charge in [0.05, 0.1) is 0 Å². The van der Waals surface area contributed by atoms with Crippen LogP contribution in [-0.2, 0) is 0 Å². The summed E-state index contributed by atoms with van der Waals surface area (Å²) in [5, 5.41) is 7.57. The predicted octanol–water partition coefficient (Wildman–Crippen LogP) is 2.30. The highest BCUT2D eigenvalue weighted by Gasteiger charge is 1.85. The SMILES string of the molecule is CCCCCCCCN.CCO. The first-order chi connectivity index (χ1) is 5.83. The van der Waals surface area contributed by atoms with Crippen LogP contribution in [0.2, 0.25) is 0 Å². The van der Waals surface area contributed by atoms with Gasteiger partial charge in [-0.05, 0) is 19.9 Å². The number of rotatable bonds is 6. The van der Waals surface area contributed by atoms with Gasteiger partial charge in [-0.25, -0.2) is 0 Å². The molecule has 0 saturated heterocycles. The summed E-state index contributed by atoms with van der Waals surface area (Å²) < 4.78 is 0. The quantitative estimate of drug-likeness (QED) is 0.608. The number of hydrogen-bond donors (Lipinski definition) is 2. The molecule has 0 fully saturated rings. The van der Waals surface area contributed by atoms with Crippen LogP contribution in [0.4, 0.5) is 0 Å². The van der Waals surface area contributed by atoms with Crippen LogP contribution in [0.1, 0.15) is 52.4 Å². The van der Waals surface area contributed by atoms with E-state index in [0.29, 0.717) is 0 Å². The van der Waals surface area contributed by atoms with Crippen molar-refractivity contribution in [3.8, 4) is 0 Å². The third-order valence-electron chi connectivity index (χ3n) is 1.56. The average Bonchev–Trinajstić information content (AvgIpc) is 2.06. The van der Waals surface area contributed by atoms with Gasteiger partial charge in [0.15, 0.2) is 0 Å². The van der Waals surface area contributed by atoms with Gasteiger partial charge < -0.3 is 10.8 Å². The van der Waals surface area contributed by atoms with E-state index in [0.717, 1.165) is 6.54 Å². The minimum Gasteiger partial charge on any atom is -0.397 e. The van der Waals surface area contributed by atoms with Crippen molar-refractivity contribution in [2.24, 2.45) is 5.73 Å². The topological polar surface area (TPSA) is 46.2 Å². The molecule has 0 rings (SSSR count). The highest BCUT2D eigenvalue weighted by atomic mass is 16.2. The molecule has 2 heteroatoms. The maximum Gasteiger partial charge on any atom is 0.0402 e. The molecule has 0 saturated carbocycles. The molecule has 0 aliphatic heterocycles. The number of unbranched alkanes of at least 4 members (excludes halogenated alkanes) is 5. The molecule has 0 aliphatic rings. The van der Waals surface area contributed by atoms with Crippen LogP contribution < -0.4 is 5.73 Å². The molecule has 0 atom stereocenters. The van der Waals surface area contributed by atoms with E-state index in [1.807, 2.05) is 0 Å².